The third-order valence-corrected chi connectivity index (χ3v) is 3.61. The Morgan fingerprint density at radius 3 is 2.69 bits per heavy atom. The number of rotatable bonds is 5. The summed E-state index contributed by atoms with van der Waals surface area (Å²) in [5.74, 6) is 6.09. The maximum absolute atomic E-state index is 6.22. The maximum atomic E-state index is 6.22. The van der Waals surface area contributed by atoms with Gasteiger partial charge in [0.05, 0.1) is 0 Å². The lowest BCUT2D eigenvalue weighted by Gasteiger charge is -2.24. The van der Waals surface area contributed by atoms with E-state index >= 15 is 0 Å². The van der Waals surface area contributed by atoms with E-state index in [9.17, 15) is 0 Å². The second kappa shape index (κ2) is 6.60. The first-order valence-electron chi connectivity index (χ1n) is 5.51. The van der Waals surface area contributed by atoms with Crippen molar-refractivity contribution in [2.24, 2.45) is 11.8 Å². The van der Waals surface area contributed by atoms with E-state index in [1.165, 1.54) is 0 Å². The van der Waals surface area contributed by atoms with E-state index in [1.807, 2.05) is 18.2 Å². The van der Waals surface area contributed by atoms with Crippen LogP contribution in [0.2, 0.25) is 5.02 Å². The monoisotopic (exact) mass is 304 g/mol. The maximum Gasteiger partial charge on any atom is 0.0500 e. The van der Waals surface area contributed by atoms with Gasteiger partial charge in [0.1, 0.15) is 0 Å². The number of benzene rings is 1. The molecule has 2 nitrogen and oxygen atoms in total. The molecule has 90 valence electrons. The van der Waals surface area contributed by atoms with E-state index in [0.717, 1.165) is 27.9 Å². The first-order chi connectivity index (χ1) is 7.60. The molecular weight excluding hydrogens is 288 g/mol. The SMILES string of the molecule is CCCC(C)C(NN)c1ccc(Br)cc1Cl. The van der Waals surface area contributed by atoms with Gasteiger partial charge in [0, 0.05) is 15.5 Å². The Hall–Kier alpha value is -0.0900. The van der Waals surface area contributed by atoms with Gasteiger partial charge < -0.3 is 0 Å². The zero-order valence-electron chi connectivity index (χ0n) is 9.63. The second-order valence-corrected chi connectivity index (χ2v) is 5.40. The van der Waals surface area contributed by atoms with Crippen molar-refractivity contribution < 1.29 is 0 Å². The van der Waals surface area contributed by atoms with E-state index in [4.69, 9.17) is 17.4 Å². The Labute approximate surface area is 111 Å². The molecule has 0 aliphatic carbocycles. The van der Waals surface area contributed by atoms with Crippen LogP contribution in [0.15, 0.2) is 22.7 Å². The molecular formula is C12H18BrClN2. The fourth-order valence-corrected chi connectivity index (χ4v) is 2.73. The van der Waals surface area contributed by atoms with E-state index in [1.54, 1.807) is 0 Å². The lowest BCUT2D eigenvalue weighted by atomic mass is 9.91. The third kappa shape index (κ3) is 3.45. The predicted molar refractivity (Wildman–Crippen MR) is 73.3 cm³/mol. The summed E-state index contributed by atoms with van der Waals surface area (Å²) in [5, 5.41) is 0.750. The lowest BCUT2D eigenvalue weighted by molar-refractivity contribution is 0.368. The highest BCUT2D eigenvalue weighted by atomic mass is 79.9. The van der Waals surface area contributed by atoms with Crippen molar-refractivity contribution in [1.29, 1.82) is 0 Å². The Kier molecular flexibility index (Phi) is 5.76. The number of nitrogens with one attached hydrogen (secondary N) is 1. The Balaban J connectivity index is 2.94. The predicted octanol–water partition coefficient (Wildman–Crippen LogP) is 4.04. The molecule has 16 heavy (non-hydrogen) atoms. The first-order valence-corrected chi connectivity index (χ1v) is 6.68. The van der Waals surface area contributed by atoms with Crippen LogP contribution in [0.5, 0.6) is 0 Å². The van der Waals surface area contributed by atoms with E-state index in [-0.39, 0.29) is 6.04 Å². The molecule has 0 aliphatic heterocycles. The topological polar surface area (TPSA) is 38.0 Å². The molecule has 0 saturated carbocycles. The molecule has 0 radical (unpaired) electrons. The molecule has 2 unspecified atom stereocenters. The molecule has 0 aliphatic rings. The number of hydrazine groups is 1. The van der Waals surface area contributed by atoms with Gasteiger partial charge in [-0.25, -0.2) is 0 Å². The summed E-state index contributed by atoms with van der Waals surface area (Å²) in [6.07, 6.45) is 2.27. The molecule has 0 aromatic heterocycles. The van der Waals surface area contributed by atoms with Crippen LogP contribution < -0.4 is 11.3 Å². The van der Waals surface area contributed by atoms with Crippen LogP contribution >= 0.6 is 27.5 Å². The summed E-state index contributed by atoms with van der Waals surface area (Å²) >= 11 is 9.62. The van der Waals surface area contributed by atoms with Crippen LogP contribution in [0.25, 0.3) is 0 Å². The molecule has 0 fully saturated rings. The van der Waals surface area contributed by atoms with E-state index in [0.29, 0.717) is 5.92 Å². The van der Waals surface area contributed by atoms with Gasteiger partial charge >= 0.3 is 0 Å². The number of hydrogen-bond acceptors (Lipinski definition) is 2. The van der Waals surface area contributed by atoms with Crippen molar-refractivity contribution in [2.45, 2.75) is 32.7 Å². The zero-order valence-corrected chi connectivity index (χ0v) is 12.0. The fourth-order valence-electron chi connectivity index (χ4n) is 1.94. The van der Waals surface area contributed by atoms with Gasteiger partial charge in [-0.15, -0.1) is 0 Å². The molecule has 0 amide bonds. The van der Waals surface area contributed by atoms with Crippen LogP contribution in [-0.4, -0.2) is 0 Å². The third-order valence-electron chi connectivity index (χ3n) is 2.79. The van der Waals surface area contributed by atoms with Gasteiger partial charge in [0.25, 0.3) is 0 Å². The molecule has 1 aromatic rings. The Bertz CT molecular complexity index is 344. The van der Waals surface area contributed by atoms with Gasteiger partial charge in [-0.1, -0.05) is 53.9 Å². The molecule has 1 aromatic carbocycles. The van der Waals surface area contributed by atoms with Gasteiger partial charge in [0.2, 0.25) is 0 Å². The minimum absolute atomic E-state index is 0.112. The van der Waals surface area contributed by atoms with Crippen LogP contribution in [0, 0.1) is 5.92 Å². The molecule has 1 rings (SSSR count). The van der Waals surface area contributed by atoms with Crippen LogP contribution in [-0.2, 0) is 0 Å². The smallest absolute Gasteiger partial charge is 0.0500 e. The average Bonchev–Trinajstić information content (AvgIpc) is 2.22. The molecule has 4 heteroatoms. The molecule has 0 bridgehead atoms. The Morgan fingerprint density at radius 2 is 2.19 bits per heavy atom. The first kappa shape index (κ1) is 14.0. The number of halogens is 2. The van der Waals surface area contributed by atoms with Crippen LogP contribution in [0.1, 0.15) is 38.3 Å². The van der Waals surface area contributed by atoms with Gasteiger partial charge in [-0.3, -0.25) is 11.3 Å². The highest BCUT2D eigenvalue weighted by molar-refractivity contribution is 9.10. The normalized spacial score (nSPS) is 14.8. The largest absolute Gasteiger partial charge is 0.271 e. The fraction of sp³-hybridized carbons (Fsp3) is 0.500. The number of hydrogen-bond donors (Lipinski definition) is 2. The van der Waals surface area contributed by atoms with Gasteiger partial charge in [-0.05, 0) is 30.0 Å². The zero-order chi connectivity index (χ0) is 12.1. The summed E-state index contributed by atoms with van der Waals surface area (Å²) in [6, 6.07) is 6.02. The second-order valence-electron chi connectivity index (χ2n) is 4.08. The highest BCUT2D eigenvalue weighted by Gasteiger charge is 2.19. The molecule has 0 heterocycles. The van der Waals surface area contributed by atoms with Crippen molar-refractivity contribution in [1.82, 2.24) is 5.43 Å². The summed E-state index contributed by atoms with van der Waals surface area (Å²) in [5.41, 5.74) is 3.93. The summed E-state index contributed by atoms with van der Waals surface area (Å²) in [6.45, 7) is 4.36. The van der Waals surface area contributed by atoms with Gasteiger partial charge in [-0.2, -0.15) is 0 Å². The van der Waals surface area contributed by atoms with Crippen molar-refractivity contribution in [3.05, 3.63) is 33.3 Å². The lowest BCUT2D eigenvalue weighted by Crippen LogP contribution is -2.32. The van der Waals surface area contributed by atoms with Crippen molar-refractivity contribution in [3.63, 3.8) is 0 Å². The van der Waals surface area contributed by atoms with Crippen molar-refractivity contribution >= 4 is 27.5 Å². The summed E-state index contributed by atoms with van der Waals surface area (Å²) in [7, 11) is 0. The standard InChI is InChI=1S/C12H18BrClN2/c1-3-4-8(2)12(16-15)10-6-5-9(13)7-11(10)14/h5-8,12,16H,3-4,15H2,1-2H3. The van der Waals surface area contributed by atoms with Crippen LogP contribution in [0.3, 0.4) is 0 Å². The van der Waals surface area contributed by atoms with Crippen LogP contribution in [0.4, 0.5) is 0 Å². The molecule has 0 spiro atoms. The van der Waals surface area contributed by atoms with Crippen molar-refractivity contribution in [3.8, 4) is 0 Å². The summed E-state index contributed by atoms with van der Waals surface area (Å²) in [4.78, 5) is 0. The highest BCUT2D eigenvalue weighted by Crippen LogP contribution is 2.31. The summed E-state index contributed by atoms with van der Waals surface area (Å²) < 4.78 is 0.986. The van der Waals surface area contributed by atoms with E-state index in [2.05, 4.69) is 35.2 Å². The number of nitrogens with two attached hydrogens (primary N) is 1. The quantitative estimate of drug-likeness (QED) is 0.636. The minimum Gasteiger partial charge on any atom is -0.271 e. The molecule has 3 N–H and O–H groups in total. The average molecular weight is 306 g/mol. The van der Waals surface area contributed by atoms with Gasteiger partial charge in [0.15, 0.2) is 0 Å². The van der Waals surface area contributed by atoms with Crippen molar-refractivity contribution in [2.75, 3.05) is 0 Å². The molecule has 2 atom stereocenters. The Morgan fingerprint density at radius 1 is 1.50 bits per heavy atom. The minimum atomic E-state index is 0.112. The van der Waals surface area contributed by atoms with E-state index < -0.39 is 0 Å². The molecule has 0 saturated heterocycles.